The number of pyridine rings is 1. The molecule has 26 heavy (non-hydrogen) atoms. The number of aromatic nitrogens is 4. The van der Waals surface area contributed by atoms with Crippen molar-refractivity contribution in [1.82, 2.24) is 30.6 Å². The maximum Gasteiger partial charge on any atom is 0.273 e. The number of carbonyl (C=O) groups is 1. The zero-order chi connectivity index (χ0) is 17.8. The van der Waals surface area contributed by atoms with Crippen LogP contribution in [-0.2, 0) is 6.54 Å². The van der Waals surface area contributed by atoms with Gasteiger partial charge in [-0.25, -0.2) is 9.67 Å². The minimum atomic E-state index is -0.200. The molecule has 2 aromatic rings. The molecular weight excluding hydrogens is 330 g/mol. The lowest BCUT2D eigenvalue weighted by Gasteiger charge is -2.22. The smallest absolute Gasteiger partial charge is 0.273 e. The largest absolute Gasteiger partial charge is 0.357 e. The van der Waals surface area contributed by atoms with Crippen molar-refractivity contribution in [3.8, 4) is 0 Å². The summed E-state index contributed by atoms with van der Waals surface area (Å²) in [6, 6.07) is 4.38. The fourth-order valence-corrected chi connectivity index (χ4v) is 3.56. The molecule has 0 aliphatic carbocycles. The van der Waals surface area contributed by atoms with Gasteiger partial charge in [0.25, 0.3) is 5.91 Å². The summed E-state index contributed by atoms with van der Waals surface area (Å²) in [4.78, 5) is 19.1. The molecule has 4 rings (SSSR count). The Morgan fingerprint density at radius 3 is 2.77 bits per heavy atom. The van der Waals surface area contributed by atoms with Crippen LogP contribution in [0.25, 0.3) is 0 Å². The van der Waals surface area contributed by atoms with E-state index < -0.39 is 0 Å². The Balaban J connectivity index is 1.31. The molecule has 4 heterocycles. The second-order valence-corrected chi connectivity index (χ2v) is 6.97. The van der Waals surface area contributed by atoms with Gasteiger partial charge in [-0.05, 0) is 50.4 Å². The first-order valence-electron chi connectivity index (χ1n) is 9.40. The number of rotatable bonds is 5. The van der Waals surface area contributed by atoms with E-state index >= 15 is 0 Å². The molecule has 0 spiro atoms. The summed E-state index contributed by atoms with van der Waals surface area (Å²) in [7, 11) is 0. The number of hydrogen-bond acceptors (Lipinski definition) is 6. The third-order valence-electron chi connectivity index (χ3n) is 5.12. The first kappa shape index (κ1) is 17.0. The Kier molecular flexibility index (Phi) is 5.10. The average Bonchev–Trinajstić information content (AvgIpc) is 3.39. The highest BCUT2D eigenvalue weighted by atomic mass is 16.2. The monoisotopic (exact) mass is 355 g/mol. The number of nitrogens with zero attached hydrogens (tertiary/aromatic N) is 5. The molecule has 0 bridgehead atoms. The molecule has 8 heteroatoms. The van der Waals surface area contributed by atoms with E-state index in [0.29, 0.717) is 18.3 Å². The van der Waals surface area contributed by atoms with Crippen molar-refractivity contribution in [2.24, 2.45) is 0 Å². The van der Waals surface area contributed by atoms with Crippen LogP contribution in [0.3, 0.4) is 0 Å². The Labute approximate surface area is 153 Å². The van der Waals surface area contributed by atoms with Crippen molar-refractivity contribution in [1.29, 1.82) is 0 Å². The van der Waals surface area contributed by atoms with E-state index in [1.165, 1.54) is 12.8 Å². The summed E-state index contributed by atoms with van der Waals surface area (Å²) in [5.74, 6) is 0.816. The van der Waals surface area contributed by atoms with E-state index in [1.807, 2.05) is 23.0 Å². The summed E-state index contributed by atoms with van der Waals surface area (Å²) in [6.45, 7) is 4.55. The lowest BCUT2D eigenvalue weighted by molar-refractivity contribution is 0.0946. The Morgan fingerprint density at radius 1 is 1.23 bits per heavy atom. The molecule has 138 valence electrons. The molecule has 2 aliphatic rings. The van der Waals surface area contributed by atoms with E-state index in [1.54, 1.807) is 6.20 Å². The number of anilines is 1. The topological polar surface area (TPSA) is 88.0 Å². The van der Waals surface area contributed by atoms with Crippen molar-refractivity contribution < 1.29 is 4.79 Å². The molecule has 2 aromatic heterocycles. The van der Waals surface area contributed by atoms with E-state index in [2.05, 4.69) is 30.8 Å². The molecule has 0 aromatic carbocycles. The molecule has 1 amide bonds. The third kappa shape index (κ3) is 3.85. The van der Waals surface area contributed by atoms with Gasteiger partial charge in [0, 0.05) is 25.8 Å². The van der Waals surface area contributed by atoms with Crippen molar-refractivity contribution in [2.45, 2.75) is 38.3 Å². The fraction of sp³-hybridized carbons (Fsp3) is 0.556. The molecule has 2 aliphatic heterocycles. The van der Waals surface area contributed by atoms with Gasteiger partial charge in [-0.3, -0.25) is 4.79 Å². The van der Waals surface area contributed by atoms with Crippen LogP contribution in [0.15, 0.2) is 24.5 Å². The maximum atomic E-state index is 12.3. The lowest BCUT2D eigenvalue weighted by Crippen LogP contribution is -2.29. The fourth-order valence-electron chi connectivity index (χ4n) is 3.56. The number of amides is 1. The molecule has 2 N–H and O–H groups in total. The summed E-state index contributed by atoms with van der Waals surface area (Å²) in [5.41, 5.74) is 1.34. The van der Waals surface area contributed by atoms with E-state index in [0.717, 1.165) is 50.4 Å². The van der Waals surface area contributed by atoms with Crippen LogP contribution in [0.4, 0.5) is 5.82 Å². The molecule has 2 saturated heterocycles. The first-order valence-corrected chi connectivity index (χ1v) is 9.40. The van der Waals surface area contributed by atoms with Crippen LogP contribution in [0.1, 0.15) is 47.8 Å². The van der Waals surface area contributed by atoms with Gasteiger partial charge in [-0.15, -0.1) is 5.10 Å². The van der Waals surface area contributed by atoms with E-state index in [-0.39, 0.29) is 5.91 Å². The highest BCUT2D eigenvalue weighted by Gasteiger charge is 2.19. The molecule has 0 unspecified atom stereocenters. The van der Waals surface area contributed by atoms with Gasteiger partial charge >= 0.3 is 0 Å². The first-order chi connectivity index (χ1) is 12.8. The second kappa shape index (κ2) is 7.82. The van der Waals surface area contributed by atoms with Gasteiger partial charge in [0.05, 0.1) is 12.2 Å². The molecule has 2 fully saturated rings. The summed E-state index contributed by atoms with van der Waals surface area (Å²) in [5, 5.41) is 14.4. The molecule has 8 nitrogen and oxygen atoms in total. The minimum absolute atomic E-state index is 0.200. The van der Waals surface area contributed by atoms with Gasteiger partial charge in [0.1, 0.15) is 5.82 Å². The van der Waals surface area contributed by atoms with Crippen LogP contribution in [-0.4, -0.2) is 52.1 Å². The molecular formula is C18H25N7O. The Hall–Kier alpha value is -2.48. The van der Waals surface area contributed by atoms with Gasteiger partial charge < -0.3 is 15.5 Å². The molecule has 0 atom stereocenters. The summed E-state index contributed by atoms with van der Waals surface area (Å²) < 4.78 is 1.82. The number of carbonyl (C=O) groups excluding carboxylic acids is 1. The predicted octanol–water partition coefficient (Wildman–Crippen LogP) is 1.13. The minimum Gasteiger partial charge on any atom is -0.357 e. The van der Waals surface area contributed by atoms with Crippen molar-refractivity contribution in [3.05, 3.63) is 35.8 Å². The van der Waals surface area contributed by atoms with Crippen molar-refractivity contribution in [3.63, 3.8) is 0 Å². The number of hydrogen-bond donors (Lipinski definition) is 2. The highest BCUT2D eigenvalue weighted by Crippen LogP contribution is 2.18. The van der Waals surface area contributed by atoms with Gasteiger partial charge in [-0.2, -0.15) is 0 Å². The van der Waals surface area contributed by atoms with E-state index in [9.17, 15) is 4.79 Å². The standard InChI is InChI=1S/C18H25N7O/c26-18(16-13-25(23-22-16)15-5-7-19-8-6-15)21-12-14-3-4-17(20-11-14)24-9-1-2-10-24/h3-4,11,13,15,19H,1-2,5-10,12H2,(H,21,26). The second-order valence-electron chi connectivity index (χ2n) is 6.97. The normalized spacial score (nSPS) is 18.2. The Bertz CT molecular complexity index is 730. The zero-order valence-electron chi connectivity index (χ0n) is 14.9. The van der Waals surface area contributed by atoms with Crippen LogP contribution in [0.5, 0.6) is 0 Å². The van der Waals surface area contributed by atoms with Crippen LogP contribution < -0.4 is 15.5 Å². The summed E-state index contributed by atoms with van der Waals surface area (Å²) >= 11 is 0. The number of piperidine rings is 1. The highest BCUT2D eigenvalue weighted by molar-refractivity contribution is 5.91. The quantitative estimate of drug-likeness (QED) is 0.836. The Morgan fingerprint density at radius 2 is 2.04 bits per heavy atom. The van der Waals surface area contributed by atoms with Gasteiger partial charge in [0.15, 0.2) is 5.69 Å². The number of nitrogens with one attached hydrogen (secondary N) is 2. The molecule has 0 radical (unpaired) electrons. The maximum absolute atomic E-state index is 12.3. The lowest BCUT2D eigenvalue weighted by atomic mass is 10.1. The third-order valence-corrected chi connectivity index (χ3v) is 5.12. The SMILES string of the molecule is O=C(NCc1ccc(N2CCCC2)nc1)c1cn(C2CCNCC2)nn1. The van der Waals surface area contributed by atoms with Crippen LogP contribution >= 0.6 is 0 Å². The van der Waals surface area contributed by atoms with Crippen molar-refractivity contribution in [2.75, 3.05) is 31.1 Å². The van der Waals surface area contributed by atoms with Crippen molar-refractivity contribution >= 4 is 11.7 Å². The molecule has 0 saturated carbocycles. The van der Waals surface area contributed by atoms with E-state index in [4.69, 9.17) is 0 Å². The predicted molar refractivity (Wildman–Crippen MR) is 98.0 cm³/mol. The summed E-state index contributed by atoms with van der Waals surface area (Å²) in [6.07, 6.45) is 8.08. The van der Waals surface area contributed by atoms with Gasteiger partial charge in [0.2, 0.25) is 0 Å². The zero-order valence-corrected chi connectivity index (χ0v) is 14.9. The van der Waals surface area contributed by atoms with Crippen LogP contribution in [0, 0.1) is 0 Å². The van der Waals surface area contributed by atoms with Crippen LogP contribution in [0.2, 0.25) is 0 Å². The van der Waals surface area contributed by atoms with Gasteiger partial charge in [-0.1, -0.05) is 11.3 Å². The average molecular weight is 355 g/mol.